The number of amides is 2. The maximum Gasteiger partial charge on any atom is 0.511 e. The lowest BCUT2D eigenvalue weighted by Crippen LogP contribution is -2.52. The second-order valence-electron chi connectivity index (χ2n) is 15.5. The van der Waals surface area contributed by atoms with Crippen molar-refractivity contribution in [1.29, 1.82) is 0 Å². The molecule has 1 saturated heterocycles. The summed E-state index contributed by atoms with van der Waals surface area (Å²) in [6.45, 7) is 5.28. The van der Waals surface area contributed by atoms with Crippen LogP contribution < -0.4 is 15.5 Å². The van der Waals surface area contributed by atoms with Crippen LogP contribution in [-0.4, -0.2) is 64.7 Å². The van der Waals surface area contributed by atoms with Crippen molar-refractivity contribution in [2.24, 2.45) is 5.16 Å². The van der Waals surface area contributed by atoms with E-state index in [-0.39, 0.29) is 38.4 Å². The topological polar surface area (TPSA) is 138 Å². The molecule has 12 nitrogen and oxygen atoms in total. The van der Waals surface area contributed by atoms with Gasteiger partial charge in [0.15, 0.2) is 11.3 Å². The number of hydrogen-bond acceptors (Lipinski definition) is 9. The molecule has 2 bridgehead atoms. The zero-order valence-electron chi connectivity index (χ0n) is 33.2. The quantitative estimate of drug-likeness (QED) is 0.0752. The summed E-state index contributed by atoms with van der Waals surface area (Å²) in [5.41, 5.74) is -1.54. The molecule has 0 aliphatic carbocycles. The Kier molecular flexibility index (Phi) is 15.7. The van der Waals surface area contributed by atoms with Crippen LogP contribution in [0, 0.1) is 11.6 Å². The van der Waals surface area contributed by atoms with E-state index in [1.165, 1.54) is 81.0 Å². The fourth-order valence-corrected chi connectivity index (χ4v) is 7.97. The van der Waals surface area contributed by atoms with Gasteiger partial charge in [-0.25, -0.2) is 13.6 Å². The first kappa shape index (κ1) is 42.6. The molecule has 2 aromatic rings. The van der Waals surface area contributed by atoms with Crippen LogP contribution in [-0.2, 0) is 20.9 Å². The summed E-state index contributed by atoms with van der Waals surface area (Å²) < 4.78 is 45.5. The minimum Gasteiger partial charge on any atom is -0.451 e. The van der Waals surface area contributed by atoms with Gasteiger partial charge >= 0.3 is 6.16 Å². The highest BCUT2D eigenvalue weighted by Gasteiger charge is 2.54. The van der Waals surface area contributed by atoms with Crippen molar-refractivity contribution in [3.8, 4) is 5.75 Å². The third-order valence-corrected chi connectivity index (χ3v) is 11.2. The Bertz CT molecular complexity index is 1770. The van der Waals surface area contributed by atoms with Crippen molar-refractivity contribution >= 4 is 23.7 Å². The van der Waals surface area contributed by atoms with Crippen molar-refractivity contribution in [2.45, 2.75) is 154 Å². The third kappa shape index (κ3) is 10.9. The molecule has 3 aliphatic rings. The normalized spacial score (nSPS) is 19.9. The van der Waals surface area contributed by atoms with Gasteiger partial charge in [0.05, 0.1) is 18.4 Å². The molecular formula is C42H60F2N4O8. The van der Waals surface area contributed by atoms with Gasteiger partial charge in [0.1, 0.15) is 17.2 Å². The van der Waals surface area contributed by atoms with Gasteiger partial charge < -0.3 is 33.8 Å². The lowest BCUT2D eigenvalue weighted by Gasteiger charge is -2.42. The number of rotatable bonds is 21. The summed E-state index contributed by atoms with van der Waals surface area (Å²) in [6.07, 6.45) is 18.8. The summed E-state index contributed by atoms with van der Waals surface area (Å²) in [5.74, 6) is -3.48. The van der Waals surface area contributed by atoms with Gasteiger partial charge in [0.25, 0.3) is 11.8 Å². The van der Waals surface area contributed by atoms with Gasteiger partial charge in [0.2, 0.25) is 18.0 Å². The average Bonchev–Trinajstić information content (AvgIpc) is 3.51. The number of ether oxygens (including phenoxy) is 3. The second kappa shape index (κ2) is 20.6. The Balaban J connectivity index is 0.00000720. The molecule has 1 fully saturated rings. The van der Waals surface area contributed by atoms with Crippen molar-refractivity contribution in [2.75, 3.05) is 19.9 Å². The van der Waals surface area contributed by atoms with E-state index in [2.05, 4.69) is 17.4 Å². The third-order valence-electron chi connectivity index (χ3n) is 11.2. The fourth-order valence-electron chi connectivity index (χ4n) is 7.97. The SMILES string of the molecule is CCCCCCCCCCCCCCCCOC(=O)OCOc1c2n(cc(C(=O)NCc3ccc(F)cc3F)c1=O)[C@@H]1CN(C2=O)[C@@H](C)CC[C@]12CC(C)=NO2.[HH]. The Labute approximate surface area is 329 Å². The second-order valence-corrected chi connectivity index (χ2v) is 15.5. The molecule has 3 aliphatic heterocycles. The van der Waals surface area contributed by atoms with E-state index in [1.54, 1.807) is 4.90 Å². The highest BCUT2D eigenvalue weighted by atomic mass is 19.1. The van der Waals surface area contributed by atoms with Crippen molar-refractivity contribution in [1.82, 2.24) is 14.8 Å². The molecule has 1 aromatic carbocycles. The molecule has 56 heavy (non-hydrogen) atoms. The minimum absolute atomic E-state index is 0. The molecular weight excluding hydrogens is 726 g/mol. The molecule has 1 N–H and O–H groups in total. The maximum absolute atomic E-state index is 14.4. The number of nitrogens with one attached hydrogen (secondary N) is 1. The number of carbonyl (C=O) groups excluding carboxylic acids is 3. The highest BCUT2D eigenvalue weighted by molar-refractivity contribution is 5.99. The zero-order valence-corrected chi connectivity index (χ0v) is 33.2. The van der Waals surface area contributed by atoms with Crippen LogP contribution in [0.3, 0.4) is 0 Å². The Morgan fingerprint density at radius 1 is 0.982 bits per heavy atom. The molecule has 5 rings (SSSR count). The van der Waals surface area contributed by atoms with Crippen LogP contribution in [0.4, 0.5) is 13.6 Å². The average molecular weight is 787 g/mol. The number of pyridine rings is 1. The zero-order chi connectivity index (χ0) is 40.1. The molecule has 2 amide bonds. The first-order chi connectivity index (χ1) is 27.0. The number of halogens is 2. The summed E-state index contributed by atoms with van der Waals surface area (Å²) in [4.78, 5) is 61.8. The van der Waals surface area contributed by atoms with Gasteiger partial charge in [0, 0.05) is 44.8 Å². The minimum atomic E-state index is -0.993. The van der Waals surface area contributed by atoms with Crippen LogP contribution in [0.5, 0.6) is 5.75 Å². The lowest BCUT2D eigenvalue weighted by molar-refractivity contribution is -0.0658. The maximum atomic E-state index is 14.4. The Morgan fingerprint density at radius 2 is 1.64 bits per heavy atom. The predicted octanol–water partition coefficient (Wildman–Crippen LogP) is 8.99. The van der Waals surface area contributed by atoms with Gasteiger partial charge in [-0.1, -0.05) is 102 Å². The molecule has 1 aromatic heterocycles. The molecule has 14 heteroatoms. The fraction of sp³-hybridized carbons (Fsp3) is 0.643. The number of oxime groups is 1. The largest absolute Gasteiger partial charge is 0.511 e. The Morgan fingerprint density at radius 3 is 2.27 bits per heavy atom. The van der Waals surface area contributed by atoms with Crippen LogP contribution in [0.2, 0.25) is 0 Å². The van der Waals surface area contributed by atoms with E-state index in [0.29, 0.717) is 31.7 Å². The number of aromatic nitrogens is 1. The van der Waals surface area contributed by atoms with Crippen LogP contribution in [0.1, 0.15) is 164 Å². The van der Waals surface area contributed by atoms with E-state index < -0.39 is 64.8 Å². The van der Waals surface area contributed by atoms with Crippen molar-refractivity contribution < 1.29 is 43.6 Å². The molecule has 310 valence electrons. The monoisotopic (exact) mass is 786 g/mol. The number of hydrogen-bond donors (Lipinski definition) is 1. The first-order valence-corrected chi connectivity index (χ1v) is 20.5. The smallest absolute Gasteiger partial charge is 0.451 e. The van der Waals surface area contributed by atoms with Crippen molar-refractivity contribution in [3.63, 3.8) is 0 Å². The molecule has 4 heterocycles. The summed E-state index contributed by atoms with van der Waals surface area (Å²) >= 11 is 0. The number of fused-ring (bicyclic) bond motifs is 5. The molecule has 1 spiro atoms. The molecule has 0 saturated carbocycles. The number of benzene rings is 1. The molecule has 0 radical (unpaired) electrons. The summed E-state index contributed by atoms with van der Waals surface area (Å²) in [5, 5.41) is 6.74. The molecule has 0 unspecified atom stereocenters. The Hall–Kier alpha value is -4.49. The van der Waals surface area contributed by atoms with E-state index in [0.717, 1.165) is 31.0 Å². The van der Waals surface area contributed by atoms with E-state index in [1.807, 2.05) is 13.8 Å². The van der Waals surface area contributed by atoms with Gasteiger partial charge in [-0.2, -0.15) is 0 Å². The van der Waals surface area contributed by atoms with E-state index >= 15 is 0 Å². The van der Waals surface area contributed by atoms with Crippen LogP contribution in [0.25, 0.3) is 0 Å². The number of nitrogens with zero attached hydrogens (tertiary/aromatic N) is 3. The first-order valence-electron chi connectivity index (χ1n) is 20.5. The molecule has 3 atom stereocenters. The highest BCUT2D eigenvalue weighted by Crippen LogP contribution is 2.46. The van der Waals surface area contributed by atoms with E-state index in [4.69, 9.17) is 19.0 Å². The van der Waals surface area contributed by atoms with Gasteiger partial charge in [-0.05, 0) is 39.2 Å². The van der Waals surface area contributed by atoms with Crippen LogP contribution in [0.15, 0.2) is 34.3 Å². The van der Waals surface area contributed by atoms with Gasteiger partial charge in [-0.15, -0.1) is 0 Å². The summed E-state index contributed by atoms with van der Waals surface area (Å²) in [6, 6.07) is 2.17. The summed E-state index contributed by atoms with van der Waals surface area (Å²) in [7, 11) is 0. The predicted molar refractivity (Wildman–Crippen MR) is 209 cm³/mol. The number of unbranched alkanes of at least 4 members (excludes halogenated alkanes) is 13. The van der Waals surface area contributed by atoms with Crippen LogP contribution >= 0.6 is 0 Å². The van der Waals surface area contributed by atoms with Crippen molar-refractivity contribution in [3.05, 3.63) is 63.1 Å². The standard InChI is InChI=1S/C42H58F2N4O8.H2/c1-4-5-6-7-8-9-10-11-12-13-14-15-16-17-22-53-41(52)55-28-54-38-36-40(51)47-27-35(42(21-20-30(47)3)24-29(2)46-56-42)48(36)26-33(37(38)49)39(50)45-25-31-18-19-32(43)23-34(31)44;/h18-19,23,26,30,35H,4-17,20-22,24-25,27-28H2,1-3H3,(H,45,50);1H/t30-,35+,42-;/m0./s1. The lowest BCUT2D eigenvalue weighted by atomic mass is 9.84. The number of carbonyl (C=O) groups is 3. The van der Waals surface area contributed by atoms with E-state index in [9.17, 15) is 28.0 Å². The van der Waals surface area contributed by atoms with Gasteiger partial charge in [-0.3, -0.25) is 14.4 Å².